The molecule has 1 heterocycles. The third kappa shape index (κ3) is 3.47. The molecule has 0 fully saturated rings. The van der Waals surface area contributed by atoms with E-state index in [-0.39, 0.29) is 6.10 Å². The summed E-state index contributed by atoms with van der Waals surface area (Å²) in [6, 6.07) is 6.42. The van der Waals surface area contributed by atoms with Crippen LogP contribution >= 0.6 is 0 Å². The van der Waals surface area contributed by atoms with E-state index < -0.39 is 0 Å². The molecule has 1 atom stereocenters. The second-order valence-electron chi connectivity index (χ2n) is 4.88. The van der Waals surface area contributed by atoms with E-state index in [1.54, 1.807) is 0 Å². The normalized spacial score (nSPS) is 15.4. The number of aliphatic hydroxyl groups is 1. The van der Waals surface area contributed by atoms with Crippen LogP contribution in [0.25, 0.3) is 0 Å². The van der Waals surface area contributed by atoms with Gasteiger partial charge in [-0.1, -0.05) is 31.9 Å². The van der Waals surface area contributed by atoms with E-state index in [0.717, 1.165) is 50.9 Å². The summed E-state index contributed by atoms with van der Waals surface area (Å²) in [7, 11) is 0. The standard InChI is InChI=1S/C15H22O2/c1-2-3-4-14(16)7-5-12-6-8-15-13(11-12)9-10-17-15/h6,8,11,14,16H,2-5,7,9-10H2,1H3. The summed E-state index contributed by atoms with van der Waals surface area (Å²) in [5.74, 6) is 1.04. The van der Waals surface area contributed by atoms with Gasteiger partial charge >= 0.3 is 0 Å². The molecule has 0 saturated heterocycles. The molecule has 1 aliphatic rings. The quantitative estimate of drug-likeness (QED) is 0.819. The van der Waals surface area contributed by atoms with Crippen molar-refractivity contribution in [2.75, 3.05) is 6.61 Å². The number of aryl methyl sites for hydroxylation is 1. The summed E-state index contributed by atoms with van der Waals surface area (Å²) in [6.45, 7) is 2.98. The maximum absolute atomic E-state index is 9.81. The van der Waals surface area contributed by atoms with Crippen molar-refractivity contribution < 1.29 is 9.84 Å². The Morgan fingerprint density at radius 3 is 3.06 bits per heavy atom. The Labute approximate surface area is 104 Å². The molecular formula is C15H22O2. The lowest BCUT2D eigenvalue weighted by Gasteiger charge is -2.10. The molecule has 1 aromatic carbocycles. The van der Waals surface area contributed by atoms with Gasteiger partial charge < -0.3 is 9.84 Å². The van der Waals surface area contributed by atoms with Crippen LogP contribution in [0.5, 0.6) is 5.75 Å². The van der Waals surface area contributed by atoms with E-state index in [1.165, 1.54) is 11.1 Å². The van der Waals surface area contributed by atoms with Crippen molar-refractivity contribution in [2.24, 2.45) is 0 Å². The average Bonchev–Trinajstić information content (AvgIpc) is 2.81. The molecule has 1 aromatic rings. The first-order valence-electron chi connectivity index (χ1n) is 6.72. The van der Waals surface area contributed by atoms with Crippen LogP contribution in [0.4, 0.5) is 0 Å². The van der Waals surface area contributed by atoms with Crippen LogP contribution in [0, 0.1) is 0 Å². The Morgan fingerprint density at radius 2 is 2.24 bits per heavy atom. The van der Waals surface area contributed by atoms with Gasteiger partial charge in [-0.05, 0) is 36.5 Å². The molecule has 0 radical (unpaired) electrons. The van der Waals surface area contributed by atoms with E-state index >= 15 is 0 Å². The van der Waals surface area contributed by atoms with Crippen LogP contribution in [-0.4, -0.2) is 17.8 Å². The zero-order valence-electron chi connectivity index (χ0n) is 10.6. The predicted molar refractivity (Wildman–Crippen MR) is 69.5 cm³/mol. The van der Waals surface area contributed by atoms with Gasteiger partial charge in [0.05, 0.1) is 12.7 Å². The van der Waals surface area contributed by atoms with Gasteiger partial charge in [-0.25, -0.2) is 0 Å². The lowest BCUT2D eigenvalue weighted by atomic mass is 10.0. The smallest absolute Gasteiger partial charge is 0.122 e. The molecule has 2 nitrogen and oxygen atoms in total. The second kappa shape index (κ2) is 6.06. The van der Waals surface area contributed by atoms with Gasteiger partial charge in [0, 0.05) is 6.42 Å². The van der Waals surface area contributed by atoms with Crippen molar-refractivity contribution in [2.45, 2.75) is 51.6 Å². The Morgan fingerprint density at radius 1 is 1.35 bits per heavy atom. The number of hydrogen-bond donors (Lipinski definition) is 1. The number of unbranched alkanes of at least 4 members (excludes halogenated alkanes) is 1. The minimum Gasteiger partial charge on any atom is -0.493 e. The molecular weight excluding hydrogens is 212 g/mol. The van der Waals surface area contributed by atoms with Gasteiger partial charge in [0.1, 0.15) is 5.75 Å². The highest BCUT2D eigenvalue weighted by molar-refractivity contribution is 5.39. The van der Waals surface area contributed by atoms with Gasteiger partial charge in [-0.15, -0.1) is 0 Å². The van der Waals surface area contributed by atoms with Crippen LogP contribution in [0.2, 0.25) is 0 Å². The number of ether oxygens (including phenoxy) is 1. The maximum atomic E-state index is 9.81. The Hall–Kier alpha value is -1.02. The van der Waals surface area contributed by atoms with E-state index in [2.05, 4.69) is 25.1 Å². The van der Waals surface area contributed by atoms with Crippen molar-refractivity contribution >= 4 is 0 Å². The first-order chi connectivity index (χ1) is 8.29. The molecule has 94 valence electrons. The lowest BCUT2D eigenvalue weighted by Crippen LogP contribution is -2.07. The third-order valence-corrected chi connectivity index (χ3v) is 3.41. The van der Waals surface area contributed by atoms with Gasteiger partial charge in [0.25, 0.3) is 0 Å². The highest BCUT2D eigenvalue weighted by Crippen LogP contribution is 2.26. The van der Waals surface area contributed by atoms with Crippen LogP contribution in [0.15, 0.2) is 18.2 Å². The van der Waals surface area contributed by atoms with Crippen molar-refractivity contribution in [3.8, 4) is 5.75 Å². The number of aliphatic hydroxyl groups excluding tert-OH is 1. The van der Waals surface area contributed by atoms with E-state index in [9.17, 15) is 5.11 Å². The second-order valence-corrected chi connectivity index (χ2v) is 4.88. The summed E-state index contributed by atoms with van der Waals surface area (Å²) in [6.07, 6.45) is 5.95. The van der Waals surface area contributed by atoms with Gasteiger partial charge in [-0.2, -0.15) is 0 Å². The molecule has 1 aliphatic heterocycles. The summed E-state index contributed by atoms with van der Waals surface area (Å²) < 4.78 is 5.48. The van der Waals surface area contributed by atoms with Crippen LogP contribution in [0.3, 0.4) is 0 Å². The molecule has 0 spiro atoms. The monoisotopic (exact) mass is 234 g/mol. The summed E-state index contributed by atoms with van der Waals surface area (Å²) in [5.41, 5.74) is 2.65. The average molecular weight is 234 g/mol. The first-order valence-corrected chi connectivity index (χ1v) is 6.72. The fourth-order valence-electron chi connectivity index (χ4n) is 2.31. The molecule has 1 unspecified atom stereocenters. The van der Waals surface area contributed by atoms with Crippen molar-refractivity contribution in [1.29, 1.82) is 0 Å². The molecule has 0 aromatic heterocycles. The zero-order chi connectivity index (χ0) is 12.1. The van der Waals surface area contributed by atoms with E-state index in [0.29, 0.717) is 0 Å². The minimum absolute atomic E-state index is 0.139. The first kappa shape index (κ1) is 12.4. The Balaban J connectivity index is 1.83. The lowest BCUT2D eigenvalue weighted by molar-refractivity contribution is 0.152. The number of rotatable bonds is 6. The van der Waals surface area contributed by atoms with E-state index in [1.807, 2.05) is 0 Å². The molecule has 1 N–H and O–H groups in total. The number of benzene rings is 1. The molecule has 0 amide bonds. The molecule has 2 rings (SSSR count). The molecule has 0 saturated carbocycles. The maximum Gasteiger partial charge on any atom is 0.122 e. The predicted octanol–water partition coefficient (Wildman–Crippen LogP) is 3.11. The molecule has 0 aliphatic carbocycles. The molecule has 17 heavy (non-hydrogen) atoms. The highest BCUT2D eigenvalue weighted by Gasteiger charge is 2.12. The topological polar surface area (TPSA) is 29.5 Å². The number of hydrogen-bond acceptors (Lipinski definition) is 2. The van der Waals surface area contributed by atoms with Crippen LogP contribution in [-0.2, 0) is 12.8 Å². The summed E-state index contributed by atoms with van der Waals surface area (Å²) in [5, 5.41) is 9.81. The zero-order valence-corrected chi connectivity index (χ0v) is 10.6. The van der Waals surface area contributed by atoms with Crippen molar-refractivity contribution in [3.05, 3.63) is 29.3 Å². The van der Waals surface area contributed by atoms with Gasteiger partial charge in [0.15, 0.2) is 0 Å². The largest absolute Gasteiger partial charge is 0.493 e. The highest BCUT2D eigenvalue weighted by atomic mass is 16.5. The van der Waals surface area contributed by atoms with Crippen LogP contribution in [0.1, 0.15) is 43.7 Å². The van der Waals surface area contributed by atoms with Crippen molar-refractivity contribution in [3.63, 3.8) is 0 Å². The molecule has 2 heteroatoms. The van der Waals surface area contributed by atoms with Crippen molar-refractivity contribution in [1.82, 2.24) is 0 Å². The van der Waals surface area contributed by atoms with Gasteiger partial charge in [0.2, 0.25) is 0 Å². The minimum atomic E-state index is -0.139. The fraction of sp³-hybridized carbons (Fsp3) is 0.600. The van der Waals surface area contributed by atoms with Gasteiger partial charge in [-0.3, -0.25) is 0 Å². The summed E-state index contributed by atoms with van der Waals surface area (Å²) in [4.78, 5) is 0. The Kier molecular flexibility index (Phi) is 4.43. The third-order valence-electron chi connectivity index (χ3n) is 3.41. The van der Waals surface area contributed by atoms with E-state index in [4.69, 9.17) is 4.74 Å². The summed E-state index contributed by atoms with van der Waals surface area (Å²) >= 11 is 0. The SMILES string of the molecule is CCCCC(O)CCc1ccc2c(c1)CCO2. The fourth-order valence-corrected chi connectivity index (χ4v) is 2.31. The van der Waals surface area contributed by atoms with Crippen LogP contribution < -0.4 is 4.74 Å². The Bertz CT molecular complexity index is 360. The molecule has 0 bridgehead atoms. The number of fused-ring (bicyclic) bond motifs is 1.